The highest BCUT2D eigenvalue weighted by molar-refractivity contribution is 6.12. The number of fused-ring (bicyclic) bond motifs is 1. The molecular weight excluding hydrogens is 344 g/mol. The first-order valence-corrected chi connectivity index (χ1v) is 9.29. The minimum absolute atomic E-state index is 0.0605. The Hall–Kier alpha value is -2.27. The molecule has 2 aliphatic carbocycles. The third-order valence-electron chi connectivity index (χ3n) is 6.00. The molecule has 2 aliphatic rings. The lowest BCUT2D eigenvalue weighted by Gasteiger charge is -2.45. The van der Waals surface area contributed by atoms with Gasteiger partial charge in [0.2, 0.25) is 5.75 Å². The molecule has 0 aromatic heterocycles. The molecule has 0 radical (unpaired) electrons. The first-order chi connectivity index (χ1) is 12.8. The van der Waals surface area contributed by atoms with Gasteiger partial charge in [-0.1, -0.05) is 12.5 Å². The first kappa shape index (κ1) is 19.5. The fourth-order valence-corrected chi connectivity index (χ4v) is 4.47. The van der Waals surface area contributed by atoms with Crippen LogP contribution >= 0.6 is 0 Å². The Labute approximate surface area is 160 Å². The van der Waals surface area contributed by atoms with Gasteiger partial charge in [-0.3, -0.25) is 4.79 Å². The van der Waals surface area contributed by atoms with Gasteiger partial charge in [0.1, 0.15) is 0 Å². The molecule has 0 aliphatic heterocycles. The maximum absolute atomic E-state index is 13.0. The minimum Gasteiger partial charge on any atom is -0.493 e. The van der Waals surface area contributed by atoms with Crippen LogP contribution in [0.3, 0.4) is 0 Å². The second kappa shape index (κ2) is 7.39. The van der Waals surface area contributed by atoms with Gasteiger partial charge in [0.25, 0.3) is 0 Å². The van der Waals surface area contributed by atoms with Crippen LogP contribution in [-0.2, 0) is 4.79 Å². The minimum atomic E-state index is -0.423. The summed E-state index contributed by atoms with van der Waals surface area (Å²) in [7, 11) is 4.70. The van der Waals surface area contributed by atoms with Crippen molar-refractivity contribution in [2.75, 3.05) is 21.3 Å². The summed E-state index contributed by atoms with van der Waals surface area (Å²) >= 11 is 0. The van der Waals surface area contributed by atoms with E-state index in [-0.39, 0.29) is 11.2 Å². The number of rotatable bonds is 4. The standard InChI is InChI=1S/C22H28O5/c1-13-16-7-6-8-19(23)22(16,2)12-15(20(13)24)9-14-10-17(25-3)21(27-5)18(11-14)26-4/h9-11,19,23H,6-8,12H2,1-5H3/t19-,22-/m0/s1. The Balaban J connectivity index is 2.08. The van der Waals surface area contributed by atoms with E-state index in [0.717, 1.165) is 36.0 Å². The van der Waals surface area contributed by atoms with Crippen molar-refractivity contribution in [3.8, 4) is 17.2 Å². The number of aliphatic hydroxyl groups is 1. The molecule has 1 aromatic rings. The number of allylic oxidation sites excluding steroid dienone is 2. The van der Waals surface area contributed by atoms with Crippen LogP contribution < -0.4 is 14.2 Å². The molecule has 0 unspecified atom stereocenters. The molecule has 2 atom stereocenters. The van der Waals surface area contributed by atoms with Gasteiger partial charge in [-0.2, -0.15) is 0 Å². The lowest BCUT2D eigenvalue weighted by atomic mass is 9.61. The smallest absolute Gasteiger partial charge is 0.203 e. The molecule has 0 bridgehead atoms. The molecule has 0 heterocycles. The summed E-state index contributed by atoms with van der Waals surface area (Å²) in [4.78, 5) is 13.0. The number of ketones is 1. The molecule has 1 saturated carbocycles. The van der Waals surface area contributed by atoms with Gasteiger partial charge in [-0.15, -0.1) is 0 Å². The van der Waals surface area contributed by atoms with Crippen molar-refractivity contribution in [3.63, 3.8) is 0 Å². The molecule has 5 nitrogen and oxygen atoms in total. The Bertz CT molecular complexity index is 795. The Morgan fingerprint density at radius 3 is 2.33 bits per heavy atom. The summed E-state index contributed by atoms with van der Waals surface area (Å²) in [6, 6.07) is 3.66. The number of hydrogen-bond donors (Lipinski definition) is 1. The van der Waals surface area contributed by atoms with Crippen molar-refractivity contribution < 1.29 is 24.1 Å². The summed E-state index contributed by atoms with van der Waals surface area (Å²) in [6.07, 6.45) is 4.59. The van der Waals surface area contributed by atoms with Crippen molar-refractivity contribution in [2.24, 2.45) is 5.41 Å². The molecule has 1 aromatic carbocycles. The van der Waals surface area contributed by atoms with E-state index in [9.17, 15) is 9.90 Å². The largest absolute Gasteiger partial charge is 0.493 e. The number of carbonyl (C=O) groups excluding carboxylic acids is 1. The van der Waals surface area contributed by atoms with Crippen molar-refractivity contribution >= 4 is 11.9 Å². The monoisotopic (exact) mass is 372 g/mol. The second-order valence-electron chi connectivity index (χ2n) is 7.56. The predicted octanol–water partition coefficient (Wildman–Crippen LogP) is 3.94. The fourth-order valence-electron chi connectivity index (χ4n) is 4.47. The number of hydrogen-bond acceptors (Lipinski definition) is 5. The van der Waals surface area contributed by atoms with Gasteiger partial charge < -0.3 is 19.3 Å². The summed E-state index contributed by atoms with van der Waals surface area (Å²) in [5.74, 6) is 1.67. The SMILES string of the molecule is COc1cc(C=C2C[C@@]3(C)C(=C(C)C2=O)CCC[C@@H]3O)cc(OC)c1OC. The third-order valence-corrected chi connectivity index (χ3v) is 6.00. The Morgan fingerprint density at radius 2 is 1.78 bits per heavy atom. The molecule has 0 spiro atoms. The van der Waals surface area contributed by atoms with Crippen LogP contribution in [-0.4, -0.2) is 38.3 Å². The zero-order chi connectivity index (χ0) is 19.8. The molecule has 1 N–H and O–H groups in total. The summed E-state index contributed by atoms with van der Waals surface area (Å²) < 4.78 is 16.2. The predicted molar refractivity (Wildman–Crippen MR) is 104 cm³/mol. The zero-order valence-corrected chi connectivity index (χ0v) is 16.7. The molecule has 0 saturated heterocycles. The quantitative estimate of drug-likeness (QED) is 0.811. The van der Waals surface area contributed by atoms with Gasteiger partial charge >= 0.3 is 0 Å². The lowest BCUT2D eigenvalue weighted by Crippen LogP contribution is -2.42. The molecular formula is C22H28O5. The number of carbonyl (C=O) groups is 1. The van der Waals surface area contributed by atoms with Gasteiger partial charge in [0.05, 0.1) is 27.4 Å². The van der Waals surface area contributed by atoms with Crippen LogP contribution in [0.15, 0.2) is 28.9 Å². The first-order valence-electron chi connectivity index (χ1n) is 9.29. The molecule has 1 fully saturated rings. The maximum atomic E-state index is 13.0. The number of Topliss-reactive ketones (excluding diaryl/α,β-unsaturated/α-hetero) is 1. The van der Waals surface area contributed by atoms with E-state index < -0.39 is 6.10 Å². The topological polar surface area (TPSA) is 65.0 Å². The van der Waals surface area contributed by atoms with E-state index in [1.54, 1.807) is 21.3 Å². The van der Waals surface area contributed by atoms with Crippen LogP contribution in [0.4, 0.5) is 0 Å². The molecule has 3 rings (SSSR count). The average Bonchev–Trinajstić information content (AvgIpc) is 2.66. The van der Waals surface area contributed by atoms with Crippen molar-refractivity contribution in [3.05, 3.63) is 34.4 Å². The van der Waals surface area contributed by atoms with E-state index in [4.69, 9.17) is 14.2 Å². The Morgan fingerprint density at radius 1 is 1.15 bits per heavy atom. The van der Waals surface area contributed by atoms with E-state index in [2.05, 4.69) is 6.92 Å². The third kappa shape index (κ3) is 3.25. The highest BCUT2D eigenvalue weighted by atomic mass is 16.5. The molecule has 5 heteroatoms. The summed E-state index contributed by atoms with van der Waals surface area (Å²) in [6.45, 7) is 3.96. The normalized spacial score (nSPS) is 26.8. The molecule has 0 amide bonds. The van der Waals surface area contributed by atoms with Crippen molar-refractivity contribution in [2.45, 2.75) is 45.6 Å². The number of methoxy groups -OCH3 is 3. The Kier molecular flexibility index (Phi) is 5.33. The van der Waals surface area contributed by atoms with Crippen LogP contribution in [0, 0.1) is 5.41 Å². The van der Waals surface area contributed by atoms with Crippen LogP contribution in [0.25, 0.3) is 6.08 Å². The van der Waals surface area contributed by atoms with Crippen LogP contribution in [0.5, 0.6) is 17.2 Å². The zero-order valence-electron chi connectivity index (χ0n) is 16.7. The molecule has 146 valence electrons. The lowest BCUT2D eigenvalue weighted by molar-refractivity contribution is -0.113. The maximum Gasteiger partial charge on any atom is 0.203 e. The number of aliphatic hydroxyl groups excluding tert-OH is 1. The molecule has 27 heavy (non-hydrogen) atoms. The number of benzene rings is 1. The number of ether oxygens (including phenoxy) is 3. The van der Waals surface area contributed by atoms with E-state index in [1.165, 1.54) is 0 Å². The van der Waals surface area contributed by atoms with Crippen molar-refractivity contribution in [1.29, 1.82) is 0 Å². The fraction of sp³-hybridized carbons (Fsp3) is 0.500. The van der Waals surface area contributed by atoms with E-state index >= 15 is 0 Å². The summed E-state index contributed by atoms with van der Waals surface area (Å²) in [5.41, 5.74) is 3.03. The van der Waals surface area contributed by atoms with Gasteiger partial charge in [0.15, 0.2) is 17.3 Å². The average molecular weight is 372 g/mol. The van der Waals surface area contributed by atoms with Gasteiger partial charge in [0, 0.05) is 11.0 Å². The van der Waals surface area contributed by atoms with Crippen LogP contribution in [0.2, 0.25) is 0 Å². The highest BCUT2D eigenvalue weighted by Crippen LogP contribution is 2.50. The van der Waals surface area contributed by atoms with E-state index in [0.29, 0.717) is 29.2 Å². The van der Waals surface area contributed by atoms with Gasteiger partial charge in [-0.25, -0.2) is 0 Å². The van der Waals surface area contributed by atoms with Crippen molar-refractivity contribution in [1.82, 2.24) is 0 Å². The summed E-state index contributed by atoms with van der Waals surface area (Å²) in [5, 5.41) is 10.7. The van der Waals surface area contributed by atoms with E-state index in [1.807, 2.05) is 25.1 Å². The highest BCUT2D eigenvalue weighted by Gasteiger charge is 2.45. The van der Waals surface area contributed by atoms with Crippen LogP contribution in [0.1, 0.15) is 45.1 Å². The van der Waals surface area contributed by atoms with Gasteiger partial charge in [-0.05, 0) is 62.0 Å². The second-order valence-corrected chi connectivity index (χ2v) is 7.56.